The molecule has 1 aromatic rings. The van der Waals surface area contributed by atoms with Crippen LogP contribution >= 0.6 is 0 Å². The summed E-state index contributed by atoms with van der Waals surface area (Å²) in [6.45, 7) is 1.87. The van der Waals surface area contributed by atoms with E-state index in [0.29, 0.717) is 17.7 Å². The Bertz CT molecular complexity index is 537. The van der Waals surface area contributed by atoms with Gasteiger partial charge in [0.2, 0.25) is 0 Å². The van der Waals surface area contributed by atoms with Gasteiger partial charge in [0.25, 0.3) is 0 Å². The van der Waals surface area contributed by atoms with E-state index in [1.165, 1.54) is 0 Å². The smallest absolute Gasteiger partial charge is 0.338 e. The maximum Gasteiger partial charge on any atom is 0.338 e. The Kier molecular flexibility index (Phi) is 4.72. The van der Waals surface area contributed by atoms with Crippen molar-refractivity contribution in [1.29, 1.82) is 0 Å². The number of benzene rings is 1. The topological polar surface area (TPSA) is 86.5 Å². The van der Waals surface area contributed by atoms with Crippen LogP contribution in [0.25, 0.3) is 0 Å². The molecule has 0 unspecified atom stereocenters. The lowest BCUT2D eigenvalue weighted by Crippen LogP contribution is -2.12. The van der Waals surface area contributed by atoms with E-state index in [0.717, 1.165) is 11.8 Å². The van der Waals surface area contributed by atoms with Crippen molar-refractivity contribution in [2.75, 3.05) is 24.3 Å². The average Bonchev–Trinajstić information content (AvgIpc) is 2.26. The van der Waals surface area contributed by atoms with Crippen molar-refractivity contribution in [3.63, 3.8) is 0 Å². The molecule has 1 aromatic carbocycles. The number of anilines is 1. The molecule has 0 heterocycles. The second kappa shape index (κ2) is 5.86. The van der Waals surface area contributed by atoms with E-state index in [9.17, 15) is 13.2 Å². The van der Waals surface area contributed by atoms with E-state index < -0.39 is 15.8 Å². The fourth-order valence-corrected chi connectivity index (χ4v) is 2.07. The quantitative estimate of drug-likeness (QED) is 0.493. The molecule has 18 heavy (non-hydrogen) atoms. The number of carbonyl (C=O) groups excluding carboxylic acids is 1. The summed E-state index contributed by atoms with van der Waals surface area (Å²) in [5, 5.41) is 0. The third kappa shape index (κ3) is 4.75. The van der Waals surface area contributed by atoms with Crippen LogP contribution in [0.4, 0.5) is 5.69 Å². The Balaban J connectivity index is 2.53. The molecule has 0 atom stereocenters. The summed E-state index contributed by atoms with van der Waals surface area (Å²) in [6, 6.07) is 4.99. The molecular formula is C12H17NO4S. The van der Waals surface area contributed by atoms with Crippen LogP contribution in [0.2, 0.25) is 0 Å². The first kappa shape index (κ1) is 14.5. The minimum Gasteiger partial charge on any atom is -0.462 e. The summed E-state index contributed by atoms with van der Waals surface area (Å²) in [5.41, 5.74) is 7.27. The van der Waals surface area contributed by atoms with Crippen LogP contribution in [0.3, 0.4) is 0 Å². The highest BCUT2D eigenvalue weighted by Gasteiger charge is 2.11. The van der Waals surface area contributed by atoms with Gasteiger partial charge in [0, 0.05) is 11.9 Å². The second-order valence-electron chi connectivity index (χ2n) is 4.19. The summed E-state index contributed by atoms with van der Waals surface area (Å²) >= 11 is 0. The number of aryl methyl sites for hydroxylation is 1. The first-order chi connectivity index (χ1) is 8.29. The number of carbonyl (C=O) groups is 1. The summed E-state index contributed by atoms with van der Waals surface area (Å²) in [5.74, 6) is -0.468. The first-order valence-electron chi connectivity index (χ1n) is 5.50. The van der Waals surface area contributed by atoms with E-state index in [4.69, 9.17) is 10.5 Å². The molecule has 0 aliphatic heterocycles. The molecule has 0 radical (unpaired) electrons. The predicted molar refractivity (Wildman–Crippen MR) is 70.2 cm³/mol. The van der Waals surface area contributed by atoms with E-state index in [-0.39, 0.29) is 12.4 Å². The van der Waals surface area contributed by atoms with E-state index in [2.05, 4.69) is 0 Å². The molecule has 5 nitrogen and oxygen atoms in total. The lowest BCUT2D eigenvalue weighted by atomic mass is 10.1. The van der Waals surface area contributed by atoms with Gasteiger partial charge < -0.3 is 10.5 Å². The van der Waals surface area contributed by atoms with Gasteiger partial charge in [-0.2, -0.15) is 0 Å². The summed E-state index contributed by atoms with van der Waals surface area (Å²) in [7, 11) is -3.01. The molecule has 0 bridgehead atoms. The monoisotopic (exact) mass is 271 g/mol. The molecule has 0 aliphatic rings. The molecule has 0 amide bonds. The zero-order valence-corrected chi connectivity index (χ0v) is 11.3. The van der Waals surface area contributed by atoms with Crippen molar-refractivity contribution in [2.45, 2.75) is 13.3 Å². The SMILES string of the molecule is Cc1ccc(N)cc1C(=O)OCCCS(C)(=O)=O. The average molecular weight is 271 g/mol. The maximum absolute atomic E-state index is 11.7. The molecule has 0 aromatic heterocycles. The molecule has 0 saturated carbocycles. The number of sulfone groups is 1. The van der Waals surface area contributed by atoms with Crippen LogP contribution in [0.5, 0.6) is 0 Å². The number of ether oxygens (including phenoxy) is 1. The van der Waals surface area contributed by atoms with E-state index >= 15 is 0 Å². The molecule has 2 N–H and O–H groups in total. The molecule has 0 fully saturated rings. The number of nitrogens with two attached hydrogens (primary N) is 1. The molecule has 0 saturated heterocycles. The number of hydrogen-bond donors (Lipinski definition) is 1. The van der Waals surface area contributed by atoms with Crippen molar-refractivity contribution in [3.05, 3.63) is 29.3 Å². The predicted octanol–water partition coefficient (Wildman–Crippen LogP) is 1.17. The summed E-state index contributed by atoms with van der Waals surface area (Å²) in [4.78, 5) is 11.7. The Morgan fingerprint density at radius 2 is 2.06 bits per heavy atom. The van der Waals surface area contributed by atoms with Gasteiger partial charge in [-0.05, 0) is 31.0 Å². The van der Waals surface area contributed by atoms with Gasteiger partial charge in [0.1, 0.15) is 9.84 Å². The van der Waals surface area contributed by atoms with Crippen LogP contribution in [-0.2, 0) is 14.6 Å². The van der Waals surface area contributed by atoms with Gasteiger partial charge >= 0.3 is 5.97 Å². The van der Waals surface area contributed by atoms with Crippen LogP contribution < -0.4 is 5.73 Å². The third-order valence-corrected chi connectivity index (χ3v) is 3.40. The van der Waals surface area contributed by atoms with Crippen molar-refractivity contribution in [3.8, 4) is 0 Å². The summed E-state index contributed by atoms with van der Waals surface area (Å²) < 4.78 is 26.8. The van der Waals surface area contributed by atoms with Gasteiger partial charge in [-0.25, -0.2) is 13.2 Å². The van der Waals surface area contributed by atoms with Gasteiger partial charge in [0.15, 0.2) is 0 Å². The highest BCUT2D eigenvalue weighted by atomic mass is 32.2. The van der Waals surface area contributed by atoms with Gasteiger partial charge in [-0.1, -0.05) is 6.07 Å². The normalized spacial score (nSPS) is 11.2. The van der Waals surface area contributed by atoms with E-state index in [1.54, 1.807) is 25.1 Å². The van der Waals surface area contributed by atoms with Crippen LogP contribution in [0, 0.1) is 6.92 Å². The first-order valence-corrected chi connectivity index (χ1v) is 7.56. The highest BCUT2D eigenvalue weighted by Crippen LogP contribution is 2.13. The molecule has 0 spiro atoms. The molecule has 6 heteroatoms. The molecular weight excluding hydrogens is 254 g/mol. The number of esters is 1. The fourth-order valence-electron chi connectivity index (χ4n) is 1.42. The maximum atomic E-state index is 11.7. The van der Waals surface area contributed by atoms with Crippen LogP contribution in [-0.4, -0.2) is 33.0 Å². The number of nitrogen functional groups attached to an aromatic ring is 1. The van der Waals surface area contributed by atoms with Gasteiger partial charge in [-0.15, -0.1) is 0 Å². The van der Waals surface area contributed by atoms with Crippen molar-refractivity contribution >= 4 is 21.5 Å². The van der Waals surface area contributed by atoms with E-state index in [1.807, 2.05) is 0 Å². The molecule has 0 aliphatic carbocycles. The fraction of sp³-hybridized carbons (Fsp3) is 0.417. The minimum absolute atomic E-state index is 0.0101. The Morgan fingerprint density at radius 1 is 1.39 bits per heavy atom. The van der Waals surface area contributed by atoms with Crippen molar-refractivity contribution < 1.29 is 17.9 Å². The molecule has 1 rings (SSSR count). The van der Waals surface area contributed by atoms with Gasteiger partial charge in [0.05, 0.1) is 17.9 Å². The zero-order valence-electron chi connectivity index (χ0n) is 10.5. The Morgan fingerprint density at radius 3 is 2.67 bits per heavy atom. The standard InChI is InChI=1S/C12H17NO4S/c1-9-4-5-10(13)8-11(9)12(14)17-6-3-7-18(2,15)16/h4-5,8H,3,6-7,13H2,1-2H3. The van der Waals surface area contributed by atoms with Crippen LogP contribution in [0.15, 0.2) is 18.2 Å². The van der Waals surface area contributed by atoms with Gasteiger partial charge in [-0.3, -0.25) is 0 Å². The Hall–Kier alpha value is -1.56. The Labute approximate surface area is 107 Å². The van der Waals surface area contributed by atoms with Crippen LogP contribution in [0.1, 0.15) is 22.3 Å². The van der Waals surface area contributed by atoms with Crippen molar-refractivity contribution in [1.82, 2.24) is 0 Å². The summed E-state index contributed by atoms with van der Waals surface area (Å²) in [6.07, 6.45) is 1.45. The highest BCUT2D eigenvalue weighted by molar-refractivity contribution is 7.90. The largest absolute Gasteiger partial charge is 0.462 e. The number of rotatable bonds is 5. The minimum atomic E-state index is -3.01. The lowest BCUT2D eigenvalue weighted by Gasteiger charge is -2.07. The second-order valence-corrected chi connectivity index (χ2v) is 6.45. The lowest BCUT2D eigenvalue weighted by molar-refractivity contribution is 0.0505. The third-order valence-electron chi connectivity index (χ3n) is 2.37. The number of hydrogen-bond acceptors (Lipinski definition) is 5. The van der Waals surface area contributed by atoms with Crippen molar-refractivity contribution in [2.24, 2.45) is 0 Å². The molecule has 100 valence electrons. The zero-order chi connectivity index (χ0) is 13.8.